The molecule has 24 heavy (non-hydrogen) atoms. The van der Waals surface area contributed by atoms with E-state index in [0.29, 0.717) is 0 Å². The molecule has 130 valence electrons. The van der Waals surface area contributed by atoms with Crippen LogP contribution < -0.4 is 0 Å². The Bertz CT molecular complexity index is 846. The summed E-state index contributed by atoms with van der Waals surface area (Å²) >= 11 is 0. The van der Waals surface area contributed by atoms with Gasteiger partial charge in [0.15, 0.2) is 0 Å². The maximum Gasteiger partial charge on any atom is 0.297 e. The van der Waals surface area contributed by atoms with Crippen molar-refractivity contribution in [3.8, 4) is 0 Å². The number of hydrogen-bond donors (Lipinski definition) is 0. The SMILES string of the molecule is CCC(COS(=O)(=O)c1ccccc1)OS(=O)(=O)c1ccccc1. The van der Waals surface area contributed by atoms with Crippen molar-refractivity contribution in [3.05, 3.63) is 60.7 Å². The summed E-state index contributed by atoms with van der Waals surface area (Å²) in [6.07, 6.45) is -0.634. The highest BCUT2D eigenvalue weighted by Gasteiger charge is 2.23. The minimum Gasteiger partial charge on any atom is -0.264 e. The highest BCUT2D eigenvalue weighted by atomic mass is 32.2. The molecule has 0 aromatic heterocycles. The van der Waals surface area contributed by atoms with Crippen LogP contribution in [0.4, 0.5) is 0 Å². The third kappa shape index (κ3) is 4.88. The standard InChI is InChI=1S/C16H18O6S2/c1-2-14(22-24(19,20)16-11-7-4-8-12-16)13-21-23(17,18)15-9-5-3-6-10-15/h3-12,14H,2,13H2,1H3. The zero-order chi connectivity index (χ0) is 17.6. The van der Waals surface area contributed by atoms with Gasteiger partial charge in [-0.15, -0.1) is 0 Å². The van der Waals surface area contributed by atoms with E-state index in [0.717, 1.165) is 0 Å². The molecule has 0 aliphatic carbocycles. The summed E-state index contributed by atoms with van der Waals surface area (Å²) < 4.78 is 58.5. The predicted molar refractivity (Wildman–Crippen MR) is 88.4 cm³/mol. The first-order chi connectivity index (χ1) is 11.3. The second-order valence-electron chi connectivity index (χ2n) is 4.95. The van der Waals surface area contributed by atoms with Gasteiger partial charge in [0.2, 0.25) is 0 Å². The Balaban J connectivity index is 2.05. The summed E-state index contributed by atoms with van der Waals surface area (Å²) in [6, 6.07) is 15.3. The molecule has 2 aromatic carbocycles. The van der Waals surface area contributed by atoms with Crippen LogP contribution in [-0.4, -0.2) is 29.5 Å². The lowest BCUT2D eigenvalue weighted by Crippen LogP contribution is -2.25. The van der Waals surface area contributed by atoms with Gasteiger partial charge in [0, 0.05) is 0 Å². The molecule has 0 fully saturated rings. The van der Waals surface area contributed by atoms with Crippen LogP contribution in [0.5, 0.6) is 0 Å². The van der Waals surface area contributed by atoms with Gasteiger partial charge in [0.05, 0.1) is 16.4 Å². The minimum absolute atomic E-state index is 0.00534. The van der Waals surface area contributed by atoms with E-state index in [9.17, 15) is 16.8 Å². The summed E-state index contributed by atoms with van der Waals surface area (Å²) in [6.45, 7) is 1.30. The van der Waals surface area contributed by atoms with Crippen molar-refractivity contribution in [1.82, 2.24) is 0 Å². The van der Waals surface area contributed by atoms with Gasteiger partial charge in [-0.1, -0.05) is 43.3 Å². The van der Waals surface area contributed by atoms with Crippen LogP contribution in [0.3, 0.4) is 0 Å². The van der Waals surface area contributed by atoms with Crippen LogP contribution in [0.1, 0.15) is 13.3 Å². The van der Waals surface area contributed by atoms with Gasteiger partial charge >= 0.3 is 0 Å². The summed E-state index contributed by atoms with van der Waals surface area (Å²) in [5.74, 6) is 0. The fourth-order valence-electron chi connectivity index (χ4n) is 1.86. The van der Waals surface area contributed by atoms with Crippen molar-refractivity contribution in [3.63, 3.8) is 0 Å². The van der Waals surface area contributed by atoms with E-state index in [4.69, 9.17) is 8.37 Å². The normalized spacial score (nSPS) is 13.5. The molecule has 0 radical (unpaired) electrons. The molecule has 0 saturated heterocycles. The minimum atomic E-state index is -3.98. The molecule has 0 bridgehead atoms. The van der Waals surface area contributed by atoms with Crippen LogP contribution in [0.25, 0.3) is 0 Å². The highest BCUT2D eigenvalue weighted by molar-refractivity contribution is 7.87. The van der Waals surface area contributed by atoms with Crippen LogP contribution in [-0.2, 0) is 28.6 Å². The molecule has 0 aliphatic heterocycles. The lowest BCUT2D eigenvalue weighted by atomic mass is 10.3. The van der Waals surface area contributed by atoms with Crippen molar-refractivity contribution in [1.29, 1.82) is 0 Å². The fraction of sp³-hybridized carbons (Fsp3) is 0.250. The molecule has 2 rings (SSSR count). The van der Waals surface area contributed by atoms with Crippen molar-refractivity contribution >= 4 is 20.2 Å². The van der Waals surface area contributed by atoms with Gasteiger partial charge in [0.1, 0.15) is 6.10 Å². The van der Waals surface area contributed by atoms with Gasteiger partial charge in [-0.05, 0) is 30.7 Å². The zero-order valence-electron chi connectivity index (χ0n) is 13.0. The molecular weight excluding hydrogens is 352 g/mol. The Morgan fingerprint density at radius 1 is 0.792 bits per heavy atom. The van der Waals surface area contributed by atoms with Crippen LogP contribution in [0, 0.1) is 0 Å². The Hall–Kier alpha value is -1.74. The second kappa shape index (κ2) is 7.89. The molecule has 0 aliphatic rings. The van der Waals surface area contributed by atoms with Crippen molar-refractivity contribution in [2.75, 3.05) is 6.61 Å². The average Bonchev–Trinajstić information content (AvgIpc) is 2.60. The molecule has 0 N–H and O–H groups in total. The maximum absolute atomic E-state index is 12.2. The maximum atomic E-state index is 12.2. The molecule has 1 atom stereocenters. The highest BCUT2D eigenvalue weighted by Crippen LogP contribution is 2.17. The van der Waals surface area contributed by atoms with Crippen LogP contribution >= 0.6 is 0 Å². The number of hydrogen-bond acceptors (Lipinski definition) is 6. The third-order valence-electron chi connectivity index (χ3n) is 3.19. The molecule has 0 spiro atoms. The summed E-state index contributed by atoms with van der Waals surface area (Å²) in [5.41, 5.74) is 0. The van der Waals surface area contributed by atoms with Crippen molar-refractivity contribution in [2.45, 2.75) is 29.2 Å². The molecule has 6 nitrogen and oxygen atoms in total. The number of rotatable bonds is 8. The monoisotopic (exact) mass is 370 g/mol. The molecule has 2 aromatic rings. The lowest BCUT2D eigenvalue weighted by molar-refractivity contribution is 0.134. The summed E-state index contributed by atoms with van der Waals surface area (Å²) in [7, 11) is -7.94. The van der Waals surface area contributed by atoms with Crippen molar-refractivity contribution < 1.29 is 25.2 Å². The molecule has 0 heterocycles. The van der Waals surface area contributed by atoms with E-state index in [-0.39, 0.29) is 22.8 Å². The summed E-state index contributed by atoms with van der Waals surface area (Å²) in [4.78, 5) is 0.0140. The zero-order valence-corrected chi connectivity index (χ0v) is 14.7. The molecule has 0 amide bonds. The fourth-order valence-corrected chi connectivity index (χ4v) is 3.97. The quantitative estimate of drug-likeness (QED) is 0.664. The predicted octanol–water partition coefficient (Wildman–Crippen LogP) is 2.58. The molecule has 8 heteroatoms. The van der Waals surface area contributed by atoms with Gasteiger partial charge in [-0.2, -0.15) is 16.8 Å². The van der Waals surface area contributed by atoms with Crippen molar-refractivity contribution in [2.24, 2.45) is 0 Å². The van der Waals surface area contributed by atoms with Gasteiger partial charge < -0.3 is 0 Å². The average molecular weight is 370 g/mol. The third-order valence-corrected chi connectivity index (χ3v) is 5.86. The first-order valence-corrected chi connectivity index (χ1v) is 10.1. The Morgan fingerprint density at radius 2 is 1.25 bits per heavy atom. The van der Waals surface area contributed by atoms with E-state index in [1.165, 1.54) is 24.3 Å². The van der Waals surface area contributed by atoms with E-state index in [2.05, 4.69) is 0 Å². The Morgan fingerprint density at radius 3 is 1.71 bits per heavy atom. The van der Waals surface area contributed by atoms with E-state index in [1.807, 2.05) is 0 Å². The van der Waals surface area contributed by atoms with Gasteiger partial charge in [-0.25, -0.2) is 0 Å². The largest absolute Gasteiger partial charge is 0.297 e. The lowest BCUT2D eigenvalue weighted by Gasteiger charge is -2.16. The Labute approximate surface area is 142 Å². The molecule has 0 saturated carbocycles. The van der Waals surface area contributed by atoms with E-state index >= 15 is 0 Å². The van der Waals surface area contributed by atoms with Gasteiger partial charge in [0.25, 0.3) is 20.2 Å². The Kier molecular flexibility index (Phi) is 6.11. The first-order valence-electron chi connectivity index (χ1n) is 7.28. The van der Waals surface area contributed by atoms with E-state index < -0.39 is 26.3 Å². The molecule has 1 unspecified atom stereocenters. The smallest absolute Gasteiger partial charge is 0.264 e. The topological polar surface area (TPSA) is 86.7 Å². The first kappa shape index (κ1) is 18.6. The summed E-state index contributed by atoms with van der Waals surface area (Å²) in [5, 5.41) is 0. The second-order valence-corrected chi connectivity index (χ2v) is 8.13. The van der Waals surface area contributed by atoms with Crippen LogP contribution in [0.15, 0.2) is 70.5 Å². The number of benzene rings is 2. The van der Waals surface area contributed by atoms with Crippen LogP contribution in [0.2, 0.25) is 0 Å². The van der Waals surface area contributed by atoms with E-state index in [1.54, 1.807) is 43.3 Å². The molecular formula is C16H18O6S2. The van der Waals surface area contributed by atoms with Gasteiger partial charge in [-0.3, -0.25) is 8.37 Å².